The Morgan fingerprint density at radius 2 is 1.29 bits per heavy atom. The molecule has 0 atom stereocenters. The second kappa shape index (κ2) is 13.5. The summed E-state index contributed by atoms with van der Waals surface area (Å²) in [6.45, 7) is 11.4. The van der Waals surface area contributed by atoms with Gasteiger partial charge in [-0.1, -0.05) is 114 Å². The Hall–Kier alpha value is -6.33. The van der Waals surface area contributed by atoms with E-state index in [0.717, 1.165) is 44.4 Å². The summed E-state index contributed by atoms with van der Waals surface area (Å²) in [5.41, 5.74) is 8.83. The number of anilines is 4. The molecular weight excluding hydrogens is 685 g/mol. The van der Waals surface area contributed by atoms with Crippen LogP contribution in [-0.4, -0.2) is 16.2 Å². The van der Waals surface area contributed by atoms with Gasteiger partial charge in [0.25, 0.3) is 0 Å². The Labute approximate surface area is 338 Å². The molecule has 0 aliphatic carbocycles. The number of fused-ring (bicyclic) bond motifs is 4. The lowest BCUT2D eigenvalue weighted by Crippen LogP contribution is -2.25. The minimum Gasteiger partial charge on any atom is -0.457 e. The van der Waals surface area contributed by atoms with Crippen LogP contribution in [0.2, 0.25) is 0 Å². The number of nitrogens with zero attached hydrogens (tertiary/aromatic N) is 4. The average Bonchev–Trinajstić information content (AvgIpc) is 3.79. The largest absolute Gasteiger partial charge is 0.457 e. The molecule has 3 heterocycles. The molecule has 0 bridgehead atoms. The topological polar surface area (TPSA) is 33.5 Å². The Balaban J connectivity index is 1.14. The van der Waals surface area contributed by atoms with E-state index in [1.807, 2.05) is 107 Å². The van der Waals surface area contributed by atoms with Gasteiger partial charge in [0.05, 0.1) is 26.5 Å². The second-order valence-electron chi connectivity index (χ2n) is 16.6. The molecule has 0 amide bonds. The van der Waals surface area contributed by atoms with Crippen LogP contribution < -0.4 is 14.5 Å². The Morgan fingerprint density at radius 1 is 0.625 bits per heavy atom. The molecular formula is C51H48N4O. The third-order valence-electron chi connectivity index (χ3n) is 10.7. The number of hydrogen-bond donors (Lipinski definition) is 0. The predicted molar refractivity (Wildman–Crippen MR) is 235 cm³/mol. The Bertz CT molecular complexity index is 3000. The number of para-hydroxylation sites is 3. The van der Waals surface area contributed by atoms with Gasteiger partial charge in [0.1, 0.15) is 24.0 Å². The summed E-state index contributed by atoms with van der Waals surface area (Å²) in [6.07, 6.45) is 1.44. The van der Waals surface area contributed by atoms with Gasteiger partial charge in [-0.05, 0) is 106 Å². The van der Waals surface area contributed by atoms with Crippen molar-refractivity contribution < 1.29 is 13.0 Å². The summed E-state index contributed by atoms with van der Waals surface area (Å²) in [4.78, 5) is 9.02. The number of rotatable bonds is 6. The molecule has 278 valence electrons. The monoisotopic (exact) mass is 738 g/mol. The fraction of sp³-hybridized carbons (Fsp3) is 0.196. The first-order valence-corrected chi connectivity index (χ1v) is 19.1. The highest BCUT2D eigenvalue weighted by Crippen LogP contribution is 2.46. The zero-order chi connectivity index (χ0) is 43.9. The molecule has 6 aromatic carbocycles. The third kappa shape index (κ3) is 6.37. The minimum absolute atomic E-state index is 0.0609. The number of hydrogen-bond acceptors (Lipinski definition) is 4. The van der Waals surface area contributed by atoms with E-state index in [4.69, 9.17) is 16.6 Å². The van der Waals surface area contributed by atoms with Gasteiger partial charge in [-0.3, -0.25) is 4.57 Å². The van der Waals surface area contributed by atoms with E-state index >= 15 is 0 Å². The van der Waals surface area contributed by atoms with Crippen LogP contribution in [0.5, 0.6) is 11.5 Å². The SMILES string of the molecule is [2H]c1c(Oc2ccc3c4ccccc4n(-c4cc(-c5ccccc5)c(C([2H])([2H])[2H])cn4)c3c2)cc(N2CN(c3cc(C(C)(C)C)cc(C(C)(C)C)c3)c3ccccc32)c([2H])c1[2H]. The van der Waals surface area contributed by atoms with E-state index in [2.05, 4.69) is 70.7 Å². The second-order valence-corrected chi connectivity index (χ2v) is 16.6. The van der Waals surface area contributed by atoms with Crippen molar-refractivity contribution in [3.05, 3.63) is 168 Å². The van der Waals surface area contributed by atoms with Crippen molar-refractivity contribution in [1.29, 1.82) is 0 Å². The van der Waals surface area contributed by atoms with Crippen molar-refractivity contribution in [2.75, 3.05) is 16.5 Å². The van der Waals surface area contributed by atoms with Crippen molar-refractivity contribution in [3.63, 3.8) is 0 Å². The van der Waals surface area contributed by atoms with Gasteiger partial charge in [0.2, 0.25) is 0 Å². The van der Waals surface area contributed by atoms with Gasteiger partial charge in [-0.2, -0.15) is 0 Å². The van der Waals surface area contributed by atoms with Gasteiger partial charge in [0, 0.05) is 44.6 Å². The van der Waals surface area contributed by atoms with E-state index < -0.39 is 6.85 Å². The van der Waals surface area contributed by atoms with Crippen LogP contribution >= 0.6 is 0 Å². The zero-order valence-electron chi connectivity index (χ0n) is 38.6. The molecule has 0 saturated heterocycles. The first-order valence-electron chi connectivity index (χ1n) is 22.1. The normalized spacial score (nSPS) is 14.9. The molecule has 9 rings (SSSR count). The maximum atomic E-state index is 9.18. The van der Waals surface area contributed by atoms with E-state index in [1.165, 1.54) is 17.3 Å². The highest BCUT2D eigenvalue weighted by atomic mass is 16.5. The van der Waals surface area contributed by atoms with Crippen molar-refractivity contribution in [2.45, 2.75) is 59.2 Å². The molecule has 1 aliphatic heterocycles. The first kappa shape index (κ1) is 29.0. The number of ether oxygens (including phenoxy) is 1. The summed E-state index contributed by atoms with van der Waals surface area (Å²) < 4.78 is 60.6. The van der Waals surface area contributed by atoms with Crippen molar-refractivity contribution >= 4 is 44.6 Å². The summed E-state index contributed by atoms with van der Waals surface area (Å²) >= 11 is 0. The Morgan fingerprint density at radius 3 is 2.00 bits per heavy atom. The molecule has 0 unspecified atom stereocenters. The van der Waals surface area contributed by atoms with Crippen LogP contribution in [0.1, 0.15) is 66.5 Å². The Kier molecular flexibility index (Phi) is 6.97. The first-order chi connectivity index (χ1) is 29.4. The molecule has 0 radical (unpaired) electrons. The molecule has 5 nitrogen and oxygen atoms in total. The van der Waals surface area contributed by atoms with Crippen LogP contribution in [-0.2, 0) is 10.8 Å². The van der Waals surface area contributed by atoms with E-state index in [9.17, 15) is 1.37 Å². The maximum absolute atomic E-state index is 9.18. The number of pyridine rings is 1. The molecule has 0 saturated carbocycles. The molecule has 0 N–H and O–H groups in total. The summed E-state index contributed by atoms with van der Waals surface area (Å²) in [7, 11) is 0. The standard InChI is InChI=1S/C51H48N4O/c1-34-32-52-49(31-44(34)35-16-9-8-10-17-35)55-45-21-12-11-20-42(45)43-25-24-41(30-48(43)55)56-40-19-15-18-38(29-40)53-33-54(47-23-14-13-22-46(47)53)39-27-36(50(2,3)4)26-37(28-39)51(5,6)7/h8-32H,33H2,1-7H3/i1D3,15D,18D,19D. The molecule has 56 heavy (non-hydrogen) atoms. The van der Waals surface area contributed by atoms with E-state index in [0.29, 0.717) is 29.5 Å². The average molecular weight is 739 g/mol. The fourth-order valence-corrected chi connectivity index (χ4v) is 7.64. The molecule has 8 aromatic rings. The zero-order valence-corrected chi connectivity index (χ0v) is 32.6. The number of aromatic nitrogens is 2. The third-order valence-corrected chi connectivity index (χ3v) is 10.7. The van der Waals surface area contributed by atoms with Crippen LogP contribution in [0.4, 0.5) is 22.7 Å². The van der Waals surface area contributed by atoms with E-state index in [-0.39, 0.29) is 40.3 Å². The molecule has 5 heteroatoms. The molecule has 1 aliphatic rings. The van der Waals surface area contributed by atoms with Crippen molar-refractivity contribution in [2.24, 2.45) is 0 Å². The van der Waals surface area contributed by atoms with Gasteiger partial charge < -0.3 is 14.5 Å². The number of benzene rings is 6. The number of aryl methyl sites for hydroxylation is 1. The maximum Gasteiger partial charge on any atom is 0.138 e. The quantitative estimate of drug-likeness (QED) is 0.170. The van der Waals surface area contributed by atoms with Gasteiger partial charge in [0.15, 0.2) is 0 Å². The minimum atomic E-state index is -2.38. The van der Waals surface area contributed by atoms with Gasteiger partial charge in [-0.25, -0.2) is 4.98 Å². The summed E-state index contributed by atoms with van der Waals surface area (Å²) in [6, 6.07) is 41.1. The molecule has 0 spiro atoms. The van der Waals surface area contributed by atoms with Crippen LogP contribution in [0, 0.1) is 6.85 Å². The van der Waals surface area contributed by atoms with Crippen molar-refractivity contribution in [1.82, 2.24) is 9.55 Å². The van der Waals surface area contributed by atoms with Crippen LogP contribution in [0.3, 0.4) is 0 Å². The van der Waals surface area contributed by atoms with Crippen LogP contribution in [0.25, 0.3) is 38.8 Å². The predicted octanol–water partition coefficient (Wildman–Crippen LogP) is 13.8. The molecule has 2 aromatic heterocycles. The molecule has 0 fully saturated rings. The highest BCUT2D eigenvalue weighted by Gasteiger charge is 2.30. The van der Waals surface area contributed by atoms with Gasteiger partial charge in [-0.15, -0.1) is 0 Å². The van der Waals surface area contributed by atoms with Gasteiger partial charge >= 0.3 is 0 Å². The fourth-order valence-electron chi connectivity index (χ4n) is 7.64. The lowest BCUT2D eigenvalue weighted by molar-refractivity contribution is 0.483. The lowest BCUT2D eigenvalue weighted by Gasteiger charge is -2.29. The highest BCUT2D eigenvalue weighted by molar-refractivity contribution is 6.09. The van der Waals surface area contributed by atoms with E-state index in [1.54, 1.807) is 6.07 Å². The summed E-state index contributed by atoms with van der Waals surface area (Å²) in [5, 5.41) is 1.91. The van der Waals surface area contributed by atoms with Crippen molar-refractivity contribution in [3.8, 4) is 28.4 Å². The smallest absolute Gasteiger partial charge is 0.138 e. The lowest BCUT2D eigenvalue weighted by atomic mass is 9.80. The summed E-state index contributed by atoms with van der Waals surface area (Å²) in [5.74, 6) is 1.11. The van der Waals surface area contributed by atoms with Crippen LogP contribution in [0.15, 0.2) is 152 Å².